The van der Waals surface area contributed by atoms with Gasteiger partial charge in [-0.1, -0.05) is 6.08 Å². The summed E-state index contributed by atoms with van der Waals surface area (Å²) in [5.41, 5.74) is 1.31. The predicted molar refractivity (Wildman–Crippen MR) is 106 cm³/mol. The molecule has 1 unspecified atom stereocenters. The van der Waals surface area contributed by atoms with Crippen LogP contribution < -0.4 is 10.4 Å². The maximum Gasteiger partial charge on any atom is 0.339 e. The number of aryl methyl sites for hydroxylation is 1. The van der Waals surface area contributed by atoms with Crippen molar-refractivity contribution >= 4 is 16.9 Å². The molecule has 1 aromatic heterocycles. The molecule has 1 aliphatic rings. The highest BCUT2D eigenvalue weighted by Gasteiger charge is 2.40. The second-order valence-electron chi connectivity index (χ2n) is 7.66. The van der Waals surface area contributed by atoms with Gasteiger partial charge in [-0.15, -0.1) is 0 Å². The Morgan fingerprint density at radius 1 is 1.36 bits per heavy atom. The number of hydrogen-bond acceptors (Lipinski definition) is 6. The first-order valence-corrected chi connectivity index (χ1v) is 9.48. The minimum atomic E-state index is -0.820. The fourth-order valence-corrected chi connectivity index (χ4v) is 3.24. The molecular formula is C22H26O6. The number of aliphatic hydroxyl groups is 1. The standard InChI is InChI=1S/C22H26O6/c1-5-13(2)20(24)28-22(3,4)19-11-16-10-15-9-14(7-6-8-23)21(25)27-18(15)12-17(16)26-19/h5,9-10,12,19,23H,6-8,11H2,1-4H3. The van der Waals surface area contributed by atoms with E-state index >= 15 is 0 Å². The Balaban J connectivity index is 1.86. The van der Waals surface area contributed by atoms with Crippen LogP contribution in [0.3, 0.4) is 0 Å². The van der Waals surface area contributed by atoms with Gasteiger partial charge < -0.3 is 19.0 Å². The highest BCUT2D eigenvalue weighted by Crippen LogP contribution is 2.37. The molecule has 6 heteroatoms. The molecule has 1 N–H and O–H groups in total. The quantitative estimate of drug-likeness (QED) is 0.466. The molecule has 6 nitrogen and oxygen atoms in total. The van der Waals surface area contributed by atoms with Gasteiger partial charge in [0.1, 0.15) is 23.0 Å². The van der Waals surface area contributed by atoms with Crippen molar-refractivity contribution in [3.63, 3.8) is 0 Å². The molecule has 0 fully saturated rings. The summed E-state index contributed by atoms with van der Waals surface area (Å²) in [6.07, 6.45) is 2.95. The van der Waals surface area contributed by atoms with E-state index in [2.05, 4.69) is 0 Å². The van der Waals surface area contributed by atoms with Gasteiger partial charge in [-0.25, -0.2) is 9.59 Å². The Morgan fingerprint density at radius 3 is 2.79 bits per heavy atom. The molecule has 3 rings (SSSR count). The Morgan fingerprint density at radius 2 is 2.11 bits per heavy atom. The van der Waals surface area contributed by atoms with Crippen LogP contribution in [0.2, 0.25) is 0 Å². The zero-order chi connectivity index (χ0) is 20.5. The molecule has 1 aromatic carbocycles. The molecule has 0 amide bonds. The zero-order valence-electron chi connectivity index (χ0n) is 16.7. The van der Waals surface area contributed by atoms with E-state index in [-0.39, 0.29) is 18.7 Å². The van der Waals surface area contributed by atoms with Gasteiger partial charge in [0.15, 0.2) is 0 Å². The molecule has 0 saturated carbocycles. The van der Waals surface area contributed by atoms with Crippen molar-refractivity contribution in [1.29, 1.82) is 0 Å². The molecule has 0 spiro atoms. The van der Waals surface area contributed by atoms with Crippen LogP contribution >= 0.6 is 0 Å². The number of fused-ring (bicyclic) bond motifs is 2. The van der Waals surface area contributed by atoms with Crippen LogP contribution in [0.25, 0.3) is 11.0 Å². The van der Waals surface area contributed by atoms with Crippen LogP contribution in [-0.4, -0.2) is 29.4 Å². The normalized spacial score (nSPS) is 16.8. The first kappa shape index (κ1) is 20.1. The van der Waals surface area contributed by atoms with Crippen LogP contribution in [0.1, 0.15) is 45.2 Å². The maximum atomic E-state index is 12.2. The van der Waals surface area contributed by atoms with E-state index in [0.717, 1.165) is 10.9 Å². The van der Waals surface area contributed by atoms with E-state index < -0.39 is 11.2 Å². The Bertz CT molecular complexity index is 982. The third-order valence-electron chi connectivity index (χ3n) is 5.15. The second-order valence-corrected chi connectivity index (χ2v) is 7.66. The Hall–Kier alpha value is -2.60. The summed E-state index contributed by atoms with van der Waals surface area (Å²) in [6.45, 7) is 7.19. The van der Waals surface area contributed by atoms with Crippen molar-refractivity contribution in [2.75, 3.05) is 6.61 Å². The summed E-state index contributed by atoms with van der Waals surface area (Å²) in [4.78, 5) is 24.3. The number of esters is 1. The van der Waals surface area contributed by atoms with Gasteiger partial charge >= 0.3 is 11.6 Å². The summed E-state index contributed by atoms with van der Waals surface area (Å²) in [5, 5.41) is 9.80. The van der Waals surface area contributed by atoms with Crippen LogP contribution in [-0.2, 0) is 22.4 Å². The number of carbonyl (C=O) groups is 1. The molecule has 1 atom stereocenters. The summed E-state index contributed by atoms with van der Waals surface area (Å²) in [7, 11) is 0. The molecular weight excluding hydrogens is 360 g/mol. The monoisotopic (exact) mass is 386 g/mol. The first-order valence-electron chi connectivity index (χ1n) is 9.48. The third-order valence-corrected chi connectivity index (χ3v) is 5.15. The van der Waals surface area contributed by atoms with Gasteiger partial charge in [0.25, 0.3) is 0 Å². The topological polar surface area (TPSA) is 86.0 Å². The number of ether oxygens (including phenoxy) is 2. The summed E-state index contributed by atoms with van der Waals surface area (Å²) in [6, 6.07) is 5.48. The van der Waals surface area contributed by atoms with Crippen molar-refractivity contribution in [3.8, 4) is 5.75 Å². The smallest absolute Gasteiger partial charge is 0.339 e. The van der Waals surface area contributed by atoms with Crippen LogP contribution in [0, 0.1) is 0 Å². The summed E-state index contributed by atoms with van der Waals surface area (Å²) >= 11 is 0. The molecule has 150 valence electrons. The molecule has 1 aliphatic heterocycles. The van der Waals surface area contributed by atoms with Gasteiger partial charge in [-0.2, -0.15) is 0 Å². The number of rotatable bonds is 6. The number of benzene rings is 1. The van der Waals surface area contributed by atoms with Gasteiger partial charge in [0, 0.05) is 35.6 Å². The number of allylic oxidation sites excluding steroid dienone is 1. The average molecular weight is 386 g/mol. The minimum absolute atomic E-state index is 0.0255. The van der Waals surface area contributed by atoms with Gasteiger partial charge in [-0.05, 0) is 58.2 Å². The lowest BCUT2D eigenvalue weighted by Gasteiger charge is -2.30. The molecule has 0 radical (unpaired) electrons. The van der Waals surface area contributed by atoms with Crippen molar-refractivity contribution in [1.82, 2.24) is 0 Å². The Kier molecular flexibility index (Phi) is 5.61. The zero-order valence-corrected chi connectivity index (χ0v) is 16.7. The SMILES string of the molecule is CC=C(C)C(=O)OC(C)(C)C1Cc2cc3cc(CCCO)c(=O)oc3cc2O1. The average Bonchev–Trinajstić information content (AvgIpc) is 3.07. The predicted octanol–water partition coefficient (Wildman–Crippen LogP) is 3.31. The van der Waals surface area contributed by atoms with E-state index in [1.165, 1.54) is 0 Å². The second kappa shape index (κ2) is 7.80. The van der Waals surface area contributed by atoms with Gasteiger partial charge in [-0.3, -0.25) is 0 Å². The van der Waals surface area contributed by atoms with E-state index in [0.29, 0.717) is 41.7 Å². The van der Waals surface area contributed by atoms with E-state index in [1.807, 2.05) is 26.0 Å². The maximum absolute atomic E-state index is 12.2. The largest absolute Gasteiger partial charge is 0.485 e. The van der Waals surface area contributed by atoms with Crippen molar-refractivity contribution < 1.29 is 23.8 Å². The molecule has 28 heavy (non-hydrogen) atoms. The van der Waals surface area contributed by atoms with Crippen molar-refractivity contribution in [3.05, 3.63) is 51.4 Å². The van der Waals surface area contributed by atoms with Gasteiger partial charge in [0.05, 0.1) is 0 Å². The van der Waals surface area contributed by atoms with E-state index in [4.69, 9.17) is 19.0 Å². The number of hydrogen-bond donors (Lipinski definition) is 1. The van der Waals surface area contributed by atoms with Crippen LogP contribution in [0.5, 0.6) is 5.75 Å². The molecule has 2 heterocycles. The third kappa shape index (κ3) is 3.97. The van der Waals surface area contributed by atoms with E-state index in [1.54, 1.807) is 26.0 Å². The fourth-order valence-electron chi connectivity index (χ4n) is 3.24. The number of carbonyl (C=O) groups excluding carboxylic acids is 1. The van der Waals surface area contributed by atoms with E-state index in [9.17, 15) is 9.59 Å². The van der Waals surface area contributed by atoms with Crippen molar-refractivity contribution in [2.24, 2.45) is 0 Å². The lowest BCUT2D eigenvalue weighted by Crippen LogP contribution is -2.43. The van der Waals surface area contributed by atoms with Crippen LogP contribution in [0.4, 0.5) is 0 Å². The molecule has 0 saturated heterocycles. The highest BCUT2D eigenvalue weighted by molar-refractivity contribution is 5.88. The lowest BCUT2D eigenvalue weighted by molar-refractivity contribution is -0.159. The molecule has 2 aromatic rings. The van der Waals surface area contributed by atoms with Crippen LogP contribution in [0.15, 0.2) is 39.1 Å². The summed E-state index contributed by atoms with van der Waals surface area (Å²) in [5.74, 6) is 0.271. The Labute approximate surface area is 163 Å². The summed E-state index contributed by atoms with van der Waals surface area (Å²) < 4.78 is 17.1. The van der Waals surface area contributed by atoms with Crippen molar-refractivity contribution in [2.45, 2.75) is 58.7 Å². The molecule has 0 bridgehead atoms. The molecule has 0 aliphatic carbocycles. The number of aliphatic hydroxyl groups excluding tert-OH is 1. The lowest BCUT2D eigenvalue weighted by atomic mass is 9.96. The fraction of sp³-hybridized carbons (Fsp3) is 0.455. The first-order chi connectivity index (χ1) is 13.2. The highest BCUT2D eigenvalue weighted by atomic mass is 16.6. The van der Waals surface area contributed by atoms with Gasteiger partial charge in [0.2, 0.25) is 0 Å². The minimum Gasteiger partial charge on any atom is -0.485 e.